The van der Waals surface area contributed by atoms with Crippen LogP contribution in [0.25, 0.3) is 0 Å². The Labute approximate surface area is 480 Å². The van der Waals surface area contributed by atoms with E-state index in [0.717, 1.165) is 116 Å². The number of phosphoric acid groups is 1. The molecule has 3 atom stereocenters. The third-order valence-corrected chi connectivity index (χ3v) is 14.0. The van der Waals surface area contributed by atoms with Crippen LogP contribution in [0.3, 0.4) is 0 Å². The van der Waals surface area contributed by atoms with E-state index in [0.29, 0.717) is 17.4 Å². The Morgan fingerprint density at radius 2 is 0.795 bits per heavy atom. The fourth-order valence-corrected chi connectivity index (χ4v) is 8.92. The summed E-state index contributed by atoms with van der Waals surface area (Å²) in [6.45, 7) is 4.49. The average Bonchev–Trinajstić information content (AvgIpc) is 3.40. The van der Waals surface area contributed by atoms with Gasteiger partial charge in [0, 0.05) is 6.42 Å². The van der Waals surface area contributed by atoms with Gasteiger partial charge in [0.2, 0.25) is 5.91 Å². The molecule has 0 rings (SSSR count). The predicted octanol–water partition coefficient (Wildman–Crippen LogP) is 19.0. The first-order valence-corrected chi connectivity index (χ1v) is 32.7. The maximum absolute atomic E-state index is 13.0. The van der Waals surface area contributed by atoms with Crippen LogP contribution >= 0.6 is 7.82 Å². The minimum Gasteiger partial charge on any atom is -0.756 e. The number of quaternary nitrogens is 1. The molecule has 0 radical (unpaired) electrons. The van der Waals surface area contributed by atoms with Crippen LogP contribution in [-0.4, -0.2) is 68.5 Å². The van der Waals surface area contributed by atoms with Gasteiger partial charge in [-0.2, -0.15) is 0 Å². The number of hydrogen-bond acceptors (Lipinski definition) is 6. The summed E-state index contributed by atoms with van der Waals surface area (Å²) in [6.07, 6.45) is 89.4. The van der Waals surface area contributed by atoms with Crippen molar-refractivity contribution in [3.63, 3.8) is 0 Å². The summed E-state index contributed by atoms with van der Waals surface area (Å²) >= 11 is 0. The second-order valence-corrected chi connectivity index (χ2v) is 23.1. The summed E-state index contributed by atoms with van der Waals surface area (Å²) < 4.78 is 23.3. The van der Waals surface area contributed by atoms with Gasteiger partial charge in [0.25, 0.3) is 7.82 Å². The summed E-state index contributed by atoms with van der Waals surface area (Å²) in [5.41, 5.74) is 0. The maximum atomic E-state index is 13.0. The van der Waals surface area contributed by atoms with Gasteiger partial charge in [0.1, 0.15) is 13.2 Å². The number of allylic oxidation sites excluding steroid dienone is 23. The van der Waals surface area contributed by atoms with E-state index in [1.807, 2.05) is 27.2 Å². The lowest BCUT2D eigenvalue weighted by molar-refractivity contribution is -0.870. The van der Waals surface area contributed by atoms with Crippen molar-refractivity contribution < 1.29 is 32.9 Å². The van der Waals surface area contributed by atoms with Gasteiger partial charge >= 0.3 is 0 Å². The second-order valence-electron chi connectivity index (χ2n) is 21.7. The molecule has 3 unspecified atom stereocenters. The monoisotopic (exact) mass is 1100 g/mol. The van der Waals surface area contributed by atoms with Crippen molar-refractivity contribution in [2.24, 2.45) is 0 Å². The van der Waals surface area contributed by atoms with Crippen LogP contribution in [0.1, 0.15) is 232 Å². The smallest absolute Gasteiger partial charge is 0.268 e. The van der Waals surface area contributed by atoms with Crippen molar-refractivity contribution in [3.05, 3.63) is 146 Å². The molecule has 0 aromatic carbocycles. The van der Waals surface area contributed by atoms with Crippen molar-refractivity contribution in [1.82, 2.24) is 5.32 Å². The highest BCUT2D eigenvalue weighted by molar-refractivity contribution is 7.45. The lowest BCUT2D eigenvalue weighted by Gasteiger charge is -2.29. The first kappa shape index (κ1) is 74.4. The van der Waals surface area contributed by atoms with Crippen molar-refractivity contribution in [2.75, 3.05) is 40.9 Å². The molecule has 0 heterocycles. The van der Waals surface area contributed by atoms with E-state index in [4.69, 9.17) is 9.05 Å². The summed E-state index contributed by atoms with van der Waals surface area (Å²) in [4.78, 5) is 25.5. The van der Waals surface area contributed by atoms with E-state index < -0.39 is 26.6 Å². The molecule has 444 valence electrons. The number of unbranched alkanes of at least 4 members (excludes halogenated alkanes) is 20. The van der Waals surface area contributed by atoms with Gasteiger partial charge < -0.3 is 28.8 Å². The normalized spacial score (nSPS) is 14.8. The number of carbonyl (C=O) groups is 1. The molecule has 78 heavy (non-hydrogen) atoms. The number of aliphatic hydroxyl groups is 1. The van der Waals surface area contributed by atoms with Gasteiger partial charge in [0.05, 0.1) is 39.9 Å². The number of nitrogens with zero attached hydrogens (tertiary/aromatic N) is 1. The fourth-order valence-electron chi connectivity index (χ4n) is 8.20. The van der Waals surface area contributed by atoms with Crippen LogP contribution in [0.15, 0.2) is 146 Å². The molecule has 0 saturated carbocycles. The molecule has 0 aromatic heterocycles. The first-order chi connectivity index (χ1) is 38.0. The maximum Gasteiger partial charge on any atom is 0.268 e. The third kappa shape index (κ3) is 60.0. The zero-order chi connectivity index (χ0) is 57.0. The lowest BCUT2D eigenvalue weighted by Crippen LogP contribution is -2.45. The van der Waals surface area contributed by atoms with E-state index >= 15 is 0 Å². The number of phosphoric ester groups is 1. The van der Waals surface area contributed by atoms with Gasteiger partial charge in [-0.3, -0.25) is 9.36 Å². The molecule has 9 heteroatoms. The number of amides is 1. The third-order valence-electron chi connectivity index (χ3n) is 13.0. The summed E-state index contributed by atoms with van der Waals surface area (Å²) in [5.74, 6) is -0.221. The van der Waals surface area contributed by atoms with Crippen LogP contribution in [0.2, 0.25) is 0 Å². The van der Waals surface area contributed by atoms with Crippen LogP contribution in [-0.2, 0) is 18.4 Å². The van der Waals surface area contributed by atoms with Crippen molar-refractivity contribution in [1.29, 1.82) is 0 Å². The standard InChI is InChI=1S/C69H117N2O6P/c1-6-8-10-12-14-16-18-20-22-24-25-26-27-28-29-30-31-32-33-34-35-36-37-38-39-40-41-42-43-44-45-47-49-51-53-55-57-59-61-63-69(73)70-67(66-77-78(74,75)76-65-64-71(3,4)5)68(72)62-60-58-56-54-52-50-48-46-23-21-19-17-15-13-11-9-7-2/h8,10,14,16,20,22,25-26,28-29,31-32,34-35,37-38,40-41,43-44,52,54,60,62,67-68,72H,6-7,9,11-13,15,17-19,21,23-24,27,30,33,36,39,42,45-51,53,55-59,61,63-66H2,1-5H3,(H-,70,73,74,75)/b10-8-,16-14-,22-20-,26-25-,29-28-,32-31-,35-34-,38-37-,41-40-,44-43-,54-52+,62-60+. The molecule has 0 fully saturated rings. The molecule has 0 aliphatic carbocycles. The molecule has 8 nitrogen and oxygen atoms in total. The number of carbonyl (C=O) groups excluding carboxylic acids is 1. The van der Waals surface area contributed by atoms with Gasteiger partial charge in [-0.05, 0) is 109 Å². The van der Waals surface area contributed by atoms with Gasteiger partial charge in [-0.15, -0.1) is 0 Å². The number of nitrogens with one attached hydrogen (secondary N) is 1. The topological polar surface area (TPSA) is 108 Å². The molecule has 0 aliphatic rings. The molecule has 0 spiro atoms. The molecule has 0 aliphatic heterocycles. The lowest BCUT2D eigenvalue weighted by atomic mass is 10.1. The van der Waals surface area contributed by atoms with Crippen molar-refractivity contribution in [2.45, 2.75) is 244 Å². The van der Waals surface area contributed by atoms with Crippen LogP contribution in [0.5, 0.6) is 0 Å². The molecule has 0 aromatic rings. The van der Waals surface area contributed by atoms with Crippen molar-refractivity contribution >= 4 is 13.7 Å². The molecule has 0 saturated heterocycles. The van der Waals surface area contributed by atoms with Crippen LogP contribution in [0.4, 0.5) is 0 Å². The summed E-state index contributed by atoms with van der Waals surface area (Å²) in [7, 11) is 1.22. The van der Waals surface area contributed by atoms with Crippen LogP contribution < -0.4 is 10.2 Å². The number of aliphatic hydroxyl groups excluding tert-OH is 1. The van der Waals surface area contributed by atoms with Gasteiger partial charge in [-0.1, -0.05) is 262 Å². The first-order valence-electron chi connectivity index (χ1n) is 31.2. The minimum atomic E-state index is -4.62. The quantitative estimate of drug-likeness (QED) is 0.0272. The van der Waals surface area contributed by atoms with E-state index in [9.17, 15) is 19.4 Å². The Kier molecular flexibility index (Phi) is 55.4. The molecule has 0 bridgehead atoms. The Balaban J connectivity index is 4.19. The number of rotatable bonds is 55. The second kappa shape index (κ2) is 58.0. The number of likely N-dealkylation sites (N-methyl/N-ethyl adjacent to an activating group) is 1. The van der Waals surface area contributed by atoms with E-state index in [2.05, 4.69) is 153 Å². The minimum absolute atomic E-state index is 0.0152. The Morgan fingerprint density at radius 1 is 0.462 bits per heavy atom. The largest absolute Gasteiger partial charge is 0.756 e. The molecular weight excluding hydrogens is 984 g/mol. The number of hydrogen-bond donors (Lipinski definition) is 2. The van der Waals surface area contributed by atoms with E-state index in [1.165, 1.54) is 96.3 Å². The van der Waals surface area contributed by atoms with Crippen molar-refractivity contribution in [3.8, 4) is 0 Å². The van der Waals surface area contributed by atoms with Crippen LogP contribution in [0, 0.1) is 0 Å². The van der Waals surface area contributed by atoms with Gasteiger partial charge in [0.15, 0.2) is 0 Å². The van der Waals surface area contributed by atoms with E-state index in [1.54, 1.807) is 6.08 Å². The Bertz CT molecular complexity index is 1780. The average molecular weight is 1100 g/mol. The highest BCUT2D eigenvalue weighted by Gasteiger charge is 2.23. The summed E-state index contributed by atoms with van der Waals surface area (Å²) in [6, 6.07) is -0.918. The predicted molar refractivity (Wildman–Crippen MR) is 338 cm³/mol. The SMILES string of the molecule is CC/C=C\C/C=C\C/C=C\C/C=C\C/C=C\C/C=C\C/C=C\C/C=C\C/C=C\C/C=C\CCCCCCCCCCC(=O)NC(COP(=O)([O-])OCC[N+](C)(C)C)C(O)/C=C/CC/C=C/CCCCCCCCCCCCC. The highest BCUT2D eigenvalue weighted by atomic mass is 31.2. The molecule has 2 N–H and O–H groups in total. The highest BCUT2D eigenvalue weighted by Crippen LogP contribution is 2.38. The van der Waals surface area contributed by atoms with Gasteiger partial charge in [-0.25, -0.2) is 0 Å². The fraction of sp³-hybridized carbons (Fsp3) is 0.638. The molecule has 1 amide bonds. The Hall–Kier alpha value is -3.62. The Morgan fingerprint density at radius 3 is 1.19 bits per heavy atom. The zero-order valence-electron chi connectivity index (χ0n) is 50.6. The van der Waals surface area contributed by atoms with E-state index in [-0.39, 0.29) is 12.5 Å². The summed E-state index contributed by atoms with van der Waals surface area (Å²) in [5, 5.41) is 13.9. The molecular formula is C69H117N2O6P. The zero-order valence-corrected chi connectivity index (χ0v) is 51.5.